The molecule has 3 rings (SSSR count). The lowest BCUT2D eigenvalue weighted by molar-refractivity contribution is 0.0766. The molecule has 0 saturated carbocycles. The van der Waals surface area contributed by atoms with Gasteiger partial charge in [-0.15, -0.1) is 11.8 Å². The molecule has 3 aromatic rings. The molecule has 140 valence electrons. The Hall–Kier alpha value is -2.60. The number of hydrogen-bond acceptors (Lipinski definition) is 5. The summed E-state index contributed by atoms with van der Waals surface area (Å²) in [5.41, 5.74) is 2.72. The van der Waals surface area contributed by atoms with Crippen LogP contribution in [0.25, 0.3) is 11.4 Å². The zero-order valence-electron chi connectivity index (χ0n) is 16.0. The van der Waals surface area contributed by atoms with E-state index in [2.05, 4.69) is 24.0 Å². The minimum atomic E-state index is -0.0611. The highest BCUT2D eigenvalue weighted by Crippen LogP contribution is 2.27. The van der Waals surface area contributed by atoms with E-state index in [-0.39, 0.29) is 12.5 Å². The molecule has 1 heterocycles. The van der Waals surface area contributed by atoms with Crippen molar-refractivity contribution in [1.82, 2.24) is 15.0 Å². The Kier molecular flexibility index (Phi) is 5.96. The first kappa shape index (κ1) is 19.2. The Labute approximate surface area is 163 Å². The van der Waals surface area contributed by atoms with Crippen LogP contribution in [-0.2, 0) is 6.54 Å². The molecule has 0 aliphatic rings. The Morgan fingerprint density at radius 3 is 2.70 bits per heavy atom. The number of nitrogens with zero attached hydrogens (tertiary/aromatic N) is 3. The lowest BCUT2D eigenvalue weighted by Crippen LogP contribution is -2.26. The lowest BCUT2D eigenvalue weighted by atomic mass is 10.1. The van der Waals surface area contributed by atoms with Crippen LogP contribution in [0.2, 0.25) is 0 Å². The molecule has 0 N–H and O–H groups in total. The molecule has 2 aromatic carbocycles. The fourth-order valence-corrected chi connectivity index (χ4v) is 3.65. The first-order chi connectivity index (χ1) is 12.9. The van der Waals surface area contributed by atoms with Crippen LogP contribution in [0, 0.1) is 6.92 Å². The molecule has 0 fully saturated rings. The van der Waals surface area contributed by atoms with Crippen molar-refractivity contribution in [2.45, 2.75) is 37.5 Å². The number of thioether (sulfide) groups is 1. The second kappa shape index (κ2) is 8.39. The molecule has 0 aliphatic heterocycles. The molecule has 0 radical (unpaired) electrons. The molecular weight excluding hydrogens is 358 g/mol. The number of carbonyl (C=O) groups excluding carboxylic acids is 1. The Balaban J connectivity index is 1.74. The first-order valence-corrected chi connectivity index (χ1v) is 9.73. The van der Waals surface area contributed by atoms with Crippen LogP contribution in [0.3, 0.4) is 0 Å². The molecule has 0 aliphatic carbocycles. The number of rotatable bonds is 6. The van der Waals surface area contributed by atoms with Gasteiger partial charge in [0, 0.05) is 22.8 Å². The third-order valence-electron chi connectivity index (χ3n) is 3.94. The number of benzene rings is 2. The zero-order valence-corrected chi connectivity index (χ0v) is 16.8. The van der Waals surface area contributed by atoms with Crippen LogP contribution in [0.5, 0.6) is 0 Å². The van der Waals surface area contributed by atoms with E-state index in [1.165, 1.54) is 0 Å². The van der Waals surface area contributed by atoms with Crippen molar-refractivity contribution in [3.63, 3.8) is 0 Å². The predicted molar refractivity (Wildman–Crippen MR) is 108 cm³/mol. The van der Waals surface area contributed by atoms with Crippen molar-refractivity contribution >= 4 is 17.7 Å². The molecule has 0 unspecified atom stereocenters. The lowest BCUT2D eigenvalue weighted by Gasteiger charge is -2.17. The quantitative estimate of drug-likeness (QED) is 0.573. The number of aryl methyl sites for hydroxylation is 1. The SMILES string of the molecule is Cc1cccc(-c2noc(CN(C)C(=O)c3ccccc3SC(C)C)n2)c1. The van der Waals surface area contributed by atoms with Gasteiger partial charge in [-0.1, -0.05) is 54.9 Å². The summed E-state index contributed by atoms with van der Waals surface area (Å²) < 4.78 is 5.35. The van der Waals surface area contributed by atoms with Gasteiger partial charge in [0.1, 0.15) is 0 Å². The molecule has 0 bridgehead atoms. The molecule has 0 spiro atoms. The minimum absolute atomic E-state index is 0.0611. The number of amides is 1. The largest absolute Gasteiger partial charge is 0.337 e. The highest BCUT2D eigenvalue weighted by Gasteiger charge is 2.19. The molecule has 5 nitrogen and oxygen atoms in total. The number of aromatic nitrogens is 2. The topological polar surface area (TPSA) is 59.2 Å². The predicted octanol–water partition coefficient (Wildman–Crippen LogP) is 4.82. The van der Waals surface area contributed by atoms with E-state index in [0.717, 1.165) is 16.0 Å². The van der Waals surface area contributed by atoms with E-state index < -0.39 is 0 Å². The summed E-state index contributed by atoms with van der Waals surface area (Å²) in [4.78, 5) is 19.9. The van der Waals surface area contributed by atoms with Crippen LogP contribution in [0.15, 0.2) is 57.9 Å². The molecule has 6 heteroatoms. The van der Waals surface area contributed by atoms with E-state index >= 15 is 0 Å². The fourth-order valence-electron chi connectivity index (χ4n) is 2.70. The van der Waals surface area contributed by atoms with Crippen molar-refractivity contribution in [2.75, 3.05) is 7.05 Å². The van der Waals surface area contributed by atoms with Crippen LogP contribution in [0.1, 0.15) is 35.7 Å². The van der Waals surface area contributed by atoms with Gasteiger partial charge in [0.2, 0.25) is 11.7 Å². The highest BCUT2D eigenvalue weighted by atomic mass is 32.2. The van der Waals surface area contributed by atoms with E-state index in [4.69, 9.17) is 4.52 Å². The summed E-state index contributed by atoms with van der Waals surface area (Å²) >= 11 is 1.68. The number of carbonyl (C=O) groups is 1. The van der Waals surface area contributed by atoms with Gasteiger partial charge in [-0.2, -0.15) is 4.98 Å². The van der Waals surface area contributed by atoms with Gasteiger partial charge >= 0.3 is 0 Å². The second-order valence-electron chi connectivity index (χ2n) is 6.71. The molecule has 0 saturated heterocycles. The van der Waals surface area contributed by atoms with E-state index in [0.29, 0.717) is 22.5 Å². The van der Waals surface area contributed by atoms with Crippen LogP contribution in [-0.4, -0.2) is 33.2 Å². The standard InChI is InChI=1S/C21H23N3O2S/c1-14(2)27-18-11-6-5-10-17(18)21(25)24(4)13-19-22-20(23-26-19)16-9-7-8-15(3)12-16/h5-12,14H,13H2,1-4H3. The van der Waals surface area contributed by atoms with Crippen LogP contribution < -0.4 is 0 Å². The zero-order chi connectivity index (χ0) is 19.4. The third-order valence-corrected chi connectivity index (χ3v) is 5.02. The summed E-state index contributed by atoms with van der Waals surface area (Å²) in [6.07, 6.45) is 0. The van der Waals surface area contributed by atoms with Crippen molar-refractivity contribution in [3.8, 4) is 11.4 Å². The van der Waals surface area contributed by atoms with Crippen molar-refractivity contribution in [1.29, 1.82) is 0 Å². The molecule has 27 heavy (non-hydrogen) atoms. The van der Waals surface area contributed by atoms with Gasteiger partial charge in [0.05, 0.1) is 12.1 Å². The van der Waals surface area contributed by atoms with E-state index in [1.807, 2.05) is 55.5 Å². The average molecular weight is 382 g/mol. The maximum Gasteiger partial charge on any atom is 0.255 e. The third kappa shape index (κ3) is 4.77. The smallest absolute Gasteiger partial charge is 0.255 e. The second-order valence-corrected chi connectivity index (χ2v) is 8.32. The molecular formula is C21H23N3O2S. The summed E-state index contributed by atoms with van der Waals surface area (Å²) in [7, 11) is 1.75. The van der Waals surface area contributed by atoms with Gasteiger partial charge in [-0.05, 0) is 25.1 Å². The average Bonchev–Trinajstić information content (AvgIpc) is 3.09. The van der Waals surface area contributed by atoms with Gasteiger partial charge in [0.25, 0.3) is 5.91 Å². The maximum atomic E-state index is 12.9. The van der Waals surface area contributed by atoms with Gasteiger partial charge in [-0.3, -0.25) is 4.79 Å². The Morgan fingerprint density at radius 1 is 1.19 bits per heavy atom. The summed E-state index contributed by atoms with van der Waals surface area (Å²) in [6.45, 7) is 6.50. The van der Waals surface area contributed by atoms with Crippen LogP contribution >= 0.6 is 11.8 Å². The fraction of sp³-hybridized carbons (Fsp3) is 0.286. The van der Waals surface area contributed by atoms with Crippen molar-refractivity contribution in [2.24, 2.45) is 0 Å². The Bertz CT molecular complexity index is 936. The molecule has 0 atom stereocenters. The van der Waals surface area contributed by atoms with Gasteiger partial charge < -0.3 is 9.42 Å². The van der Waals surface area contributed by atoms with Crippen LogP contribution in [0.4, 0.5) is 0 Å². The summed E-state index contributed by atoms with van der Waals surface area (Å²) in [5.74, 6) is 0.885. The summed E-state index contributed by atoms with van der Waals surface area (Å²) in [5, 5.41) is 4.44. The highest BCUT2D eigenvalue weighted by molar-refractivity contribution is 8.00. The van der Waals surface area contributed by atoms with Crippen molar-refractivity contribution < 1.29 is 9.32 Å². The van der Waals surface area contributed by atoms with Gasteiger partial charge in [-0.25, -0.2) is 0 Å². The van der Waals surface area contributed by atoms with Gasteiger partial charge in [0.15, 0.2) is 0 Å². The summed E-state index contributed by atoms with van der Waals surface area (Å²) in [6, 6.07) is 15.6. The normalized spacial score (nSPS) is 11.0. The molecule has 1 aromatic heterocycles. The first-order valence-electron chi connectivity index (χ1n) is 8.85. The van der Waals surface area contributed by atoms with E-state index in [1.54, 1.807) is 23.7 Å². The monoisotopic (exact) mass is 381 g/mol. The van der Waals surface area contributed by atoms with E-state index in [9.17, 15) is 4.79 Å². The maximum absolute atomic E-state index is 12.9. The Morgan fingerprint density at radius 2 is 1.96 bits per heavy atom. The molecule has 1 amide bonds. The number of hydrogen-bond donors (Lipinski definition) is 0. The van der Waals surface area contributed by atoms with Crippen molar-refractivity contribution in [3.05, 3.63) is 65.5 Å². The minimum Gasteiger partial charge on any atom is -0.337 e.